The second-order valence-corrected chi connectivity index (χ2v) is 12.6. The number of fused-ring (bicyclic) bond motifs is 2. The fourth-order valence-electron chi connectivity index (χ4n) is 6.96. The summed E-state index contributed by atoms with van der Waals surface area (Å²) in [6, 6.07) is 16.2. The highest BCUT2D eigenvalue weighted by molar-refractivity contribution is 6.05. The first-order valence-electron chi connectivity index (χ1n) is 15.7. The van der Waals surface area contributed by atoms with Crippen LogP contribution in [0.25, 0.3) is 21.9 Å². The molecule has 11 heteroatoms. The van der Waals surface area contributed by atoms with E-state index in [2.05, 4.69) is 62.5 Å². The first-order chi connectivity index (χ1) is 22.2. The lowest BCUT2D eigenvalue weighted by atomic mass is 9.99. The molecule has 2 N–H and O–H groups in total. The van der Waals surface area contributed by atoms with E-state index in [1.807, 2.05) is 37.2 Å². The van der Waals surface area contributed by atoms with Crippen molar-refractivity contribution in [2.24, 2.45) is 0 Å². The summed E-state index contributed by atoms with van der Waals surface area (Å²) in [5, 5.41) is 3.80. The molecular weight excluding hydrogens is 582 g/mol. The Kier molecular flexibility index (Phi) is 7.46. The Morgan fingerprint density at radius 2 is 1.63 bits per heavy atom. The van der Waals surface area contributed by atoms with E-state index in [1.54, 1.807) is 17.3 Å². The van der Waals surface area contributed by atoms with E-state index in [0.29, 0.717) is 30.0 Å². The minimum atomic E-state index is -0.606. The van der Waals surface area contributed by atoms with Gasteiger partial charge in [-0.3, -0.25) is 24.5 Å². The van der Waals surface area contributed by atoms with E-state index in [9.17, 15) is 19.2 Å². The van der Waals surface area contributed by atoms with Crippen molar-refractivity contribution in [3.8, 4) is 11.1 Å². The predicted octanol–water partition coefficient (Wildman–Crippen LogP) is 3.52. The standard InChI is InChI=1S/C35H37N7O4/c1-39(2)31-17-27-28(18-37-33(44)29(27)19-36-31)21-4-7-23(8-5-21)40(3)24-12-14-41(15-13-24)25-9-6-22-20-42(35(46)26(22)16-25)30-10-11-32(43)38-34(30)45/h4-9,16-19,24,30H,10-15,20H2,1-3H3,(H,37,44)(H,38,43,45). The van der Waals surface area contributed by atoms with E-state index < -0.39 is 6.04 Å². The second-order valence-electron chi connectivity index (χ2n) is 12.6. The van der Waals surface area contributed by atoms with Crippen molar-refractivity contribution in [1.82, 2.24) is 20.2 Å². The number of hydrogen-bond donors (Lipinski definition) is 2. The Balaban J connectivity index is 1.01. The van der Waals surface area contributed by atoms with E-state index in [0.717, 1.165) is 65.2 Å². The lowest BCUT2D eigenvalue weighted by Gasteiger charge is -2.39. The Bertz CT molecular complexity index is 1910. The third-order valence-corrected chi connectivity index (χ3v) is 9.70. The molecule has 236 valence electrons. The minimum absolute atomic E-state index is 0.144. The van der Waals surface area contributed by atoms with Gasteiger partial charge < -0.3 is 24.6 Å². The van der Waals surface area contributed by atoms with Crippen molar-refractivity contribution in [1.29, 1.82) is 0 Å². The van der Waals surface area contributed by atoms with Crippen LogP contribution in [0.5, 0.6) is 0 Å². The van der Waals surface area contributed by atoms with Gasteiger partial charge in [-0.2, -0.15) is 0 Å². The number of carbonyl (C=O) groups is 3. The van der Waals surface area contributed by atoms with Crippen molar-refractivity contribution in [3.63, 3.8) is 0 Å². The molecule has 3 aliphatic rings. The molecule has 1 unspecified atom stereocenters. The fraction of sp³-hybridized carbons (Fsp3) is 0.343. The quantitative estimate of drug-likeness (QED) is 0.315. The van der Waals surface area contributed by atoms with Gasteiger partial charge in [0.2, 0.25) is 11.8 Å². The maximum atomic E-state index is 13.3. The summed E-state index contributed by atoms with van der Waals surface area (Å²) in [5.41, 5.74) is 5.53. The first-order valence-corrected chi connectivity index (χ1v) is 15.7. The number of imide groups is 1. The van der Waals surface area contributed by atoms with Crippen molar-refractivity contribution in [2.45, 2.75) is 44.3 Å². The molecule has 2 saturated heterocycles. The van der Waals surface area contributed by atoms with Crippen LogP contribution in [0.1, 0.15) is 41.6 Å². The summed E-state index contributed by atoms with van der Waals surface area (Å²) >= 11 is 0. The SMILES string of the molecule is CN(C)c1cc2c(-c3ccc(N(C)C4CCN(c5ccc6c(c5)C(=O)N(C5CCC(=O)NC5=O)C6)CC4)cc3)c[nH]c(=O)c2cn1. The van der Waals surface area contributed by atoms with Gasteiger partial charge in [-0.25, -0.2) is 4.98 Å². The average Bonchev–Trinajstić information content (AvgIpc) is 3.39. The molecule has 0 aliphatic carbocycles. The molecule has 3 aliphatic heterocycles. The number of rotatable bonds is 6. The van der Waals surface area contributed by atoms with E-state index in [1.165, 1.54) is 0 Å². The van der Waals surface area contributed by atoms with Crippen LogP contribution >= 0.6 is 0 Å². The molecule has 0 bridgehead atoms. The van der Waals surface area contributed by atoms with Crippen LogP contribution in [0.15, 0.2) is 65.7 Å². The molecule has 1 atom stereocenters. The van der Waals surface area contributed by atoms with Crippen LogP contribution in [0.2, 0.25) is 0 Å². The maximum absolute atomic E-state index is 13.3. The molecule has 2 aromatic heterocycles. The third kappa shape index (κ3) is 5.25. The maximum Gasteiger partial charge on any atom is 0.257 e. The highest BCUT2D eigenvalue weighted by atomic mass is 16.2. The van der Waals surface area contributed by atoms with Gasteiger partial charge in [-0.1, -0.05) is 18.2 Å². The third-order valence-electron chi connectivity index (χ3n) is 9.70. The molecular formula is C35H37N7O4. The van der Waals surface area contributed by atoms with Crippen molar-refractivity contribution < 1.29 is 14.4 Å². The second kappa shape index (κ2) is 11.6. The zero-order valence-corrected chi connectivity index (χ0v) is 26.2. The van der Waals surface area contributed by atoms with Crippen molar-refractivity contribution in [2.75, 3.05) is 48.9 Å². The number of amides is 3. The summed E-state index contributed by atoms with van der Waals surface area (Å²) in [5.74, 6) is -0.0218. The molecule has 46 heavy (non-hydrogen) atoms. The van der Waals surface area contributed by atoms with Gasteiger partial charge in [-0.05, 0) is 60.7 Å². The number of nitrogens with one attached hydrogen (secondary N) is 2. The first kappa shape index (κ1) is 29.5. The summed E-state index contributed by atoms with van der Waals surface area (Å²) in [6.07, 6.45) is 5.96. The van der Waals surface area contributed by atoms with Gasteiger partial charge in [-0.15, -0.1) is 0 Å². The van der Waals surface area contributed by atoms with Crippen LogP contribution in [-0.2, 0) is 16.1 Å². The number of aromatic amines is 1. The fourth-order valence-corrected chi connectivity index (χ4v) is 6.96. The molecule has 5 heterocycles. The monoisotopic (exact) mass is 619 g/mol. The number of hydrogen-bond acceptors (Lipinski definition) is 8. The minimum Gasteiger partial charge on any atom is -0.371 e. The average molecular weight is 620 g/mol. The predicted molar refractivity (Wildman–Crippen MR) is 178 cm³/mol. The molecule has 11 nitrogen and oxygen atoms in total. The van der Waals surface area contributed by atoms with Crippen LogP contribution in [0.4, 0.5) is 17.2 Å². The Morgan fingerprint density at radius 3 is 2.35 bits per heavy atom. The highest BCUT2D eigenvalue weighted by Crippen LogP contribution is 2.34. The summed E-state index contributed by atoms with van der Waals surface area (Å²) in [4.78, 5) is 65.2. The molecule has 4 aromatic rings. The lowest BCUT2D eigenvalue weighted by molar-refractivity contribution is -0.136. The molecule has 0 spiro atoms. The molecule has 7 rings (SSSR count). The number of pyridine rings is 2. The lowest BCUT2D eigenvalue weighted by Crippen LogP contribution is -2.52. The smallest absolute Gasteiger partial charge is 0.257 e. The number of aromatic nitrogens is 2. The van der Waals surface area contributed by atoms with Gasteiger partial charge in [0.1, 0.15) is 11.9 Å². The van der Waals surface area contributed by atoms with E-state index in [4.69, 9.17) is 0 Å². The topological polar surface area (TPSA) is 122 Å². The molecule has 2 fully saturated rings. The van der Waals surface area contributed by atoms with E-state index >= 15 is 0 Å². The van der Waals surface area contributed by atoms with Gasteiger partial charge in [0.15, 0.2) is 0 Å². The normalized spacial score (nSPS) is 18.6. The zero-order chi connectivity index (χ0) is 32.1. The van der Waals surface area contributed by atoms with Crippen LogP contribution in [-0.4, -0.2) is 78.9 Å². The van der Waals surface area contributed by atoms with Crippen molar-refractivity contribution >= 4 is 45.7 Å². The van der Waals surface area contributed by atoms with E-state index in [-0.39, 0.29) is 29.7 Å². The van der Waals surface area contributed by atoms with Crippen LogP contribution in [0.3, 0.4) is 0 Å². The summed E-state index contributed by atoms with van der Waals surface area (Å²) in [7, 11) is 6.00. The summed E-state index contributed by atoms with van der Waals surface area (Å²) < 4.78 is 0. The zero-order valence-electron chi connectivity index (χ0n) is 26.2. The number of carbonyl (C=O) groups excluding carboxylic acids is 3. The number of anilines is 3. The largest absolute Gasteiger partial charge is 0.371 e. The highest BCUT2D eigenvalue weighted by Gasteiger charge is 2.39. The summed E-state index contributed by atoms with van der Waals surface area (Å²) in [6.45, 7) is 2.12. The van der Waals surface area contributed by atoms with Crippen LogP contribution in [0, 0.1) is 0 Å². The number of nitrogens with zero attached hydrogens (tertiary/aromatic N) is 5. The van der Waals surface area contributed by atoms with Crippen molar-refractivity contribution in [3.05, 3.63) is 82.4 Å². The van der Waals surface area contributed by atoms with Gasteiger partial charge >= 0.3 is 0 Å². The Hall–Kier alpha value is -5.19. The number of piperidine rings is 2. The molecule has 0 radical (unpaired) electrons. The number of H-pyrrole nitrogens is 1. The number of benzene rings is 2. The molecule has 3 amide bonds. The Morgan fingerprint density at radius 1 is 0.870 bits per heavy atom. The van der Waals surface area contributed by atoms with Gasteiger partial charge in [0.25, 0.3) is 11.5 Å². The molecule has 2 aromatic carbocycles. The van der Waals surface area contributed by atoms with Gasteiger partial charge in [0.05, 0.1) is 5.39 Å². The Labute approximate surface area is 266 Å². The van der Waals surface area contributed by atoms with Crippen LogP contribution < -0.4 is 25.6 Å². The van der Waals surface area contributed by atoms with Gasteiger partial charge in [0, 0.05) is 93.5 Å². The molecule has 0 saturated carbocycles.